The number of rotatable bonds is 8. The summed E-state index contributed by atoms with van der Waals surface area (Å²) >= 11 is 8.17. The molecule has 16 heteroatoms. The van der Waals surface area contributed by atoms with Gasteiger partial charge in [-0.3, -0.25) is 19.2 Å². The molecule has 0 radical (unpaired) electrons. The molecule has 0 aliphatic carbocycles. The molecule has 0 unspecified atom stereocenters. The number of ether oxygens (including phenoxy) is 1. The van der Waals surface area contributed by atoms with Crippen molar-refractivity contribution in [3.05, 3.63) is 64.8 Å². The largest absolute Gasteiger partial charge is 0.596 e. The Balaban J connectivity index is 1.26. The molecule has 5 heterocycles. The fourth-order valence-corrected chi connectivity index (χ4v) is 6.74. The minimum atomic E-state index is -3.13. The maximum atomic E-state index is 13.4. The van der Waals surface area contributed by atoms with Crippen LogP contribution in [0.3, 0.4) is 0 Å². The summed E-state index contributed by atoms with van der Waals surface area (Å²) in [6, 6.07) is 6.05. The van der Waals surface area contributed by atoms with E-state index in [-0.39, 0.29) is 51.4 Å². The molecule has 3 aromatic heterocycles. The molecule has 1 N–H and O–H groups in total. The van der Waals surface area contributed by atoms with Gasteiger partial charge in [-0.05, 0) is 37.1 Å². The summed E-state index contributed by atoms with van der Waals surface area (Å²) in [4.78, 5) is 35.6. The molecule has 6 rings (SSSR count). The van der Waals surface area contributed by atoms with Crippen LogP contribution in [-0.4, -0.2) is 91.2 Å². The van der Waals surface area contributed by atoms with Gasteiger partial charge in [0.05, 0.1) is 11.9 Å². The number of benzene rings is 1. The minimum absolute atomic E-state index is 0.0271. The van der Waals surface area contributed by atoms with Crippen molar-refractivity contribution in [1.82, 2.24) is 29.1 Å². The maximum Gasteiger partial charge on any atom is 0.387 e. The summed E-state index contributed by atoms with van der Waals surface area (Å²) in [7, 11) is 0. The fourth-order valence-electron chi connectivity index (χ4n) is 5.64. The normalized spacial score (nSPS) is 16.5. The van der Waals surface area contributed by atoms with E-state index in [0.717, 1.165) is 48.1 Å². The summed E-state index contributed by atoms with van der Waals surface area (Å²) in [6.07, 6.45) is 7.18. The number of piperidine rings is 1. The van der Waals surface area contributed by atoms with Crippen molar-refractivity contribution in [2.45, 2.75) is 32.0 Å². The van der Waals surface area contributed by atoms with Crippen LogP contribution in [-0.2, 0) is 11.3 Å². The third kappa shape index (κ3) is 6.44. The summed E-state index contributed by atoms with van der Waals surface area (Å²) in [5.41, 5.74) is 0.315. The third-order valence-electron chi connectivity index (χ3n) is 7.76. The number of hydrogen-bond acceptors (Lipinski definition) is 8. The Hall–Kier alpha value is -3.95. The molecule has 2 aliphatic heterocycles. The number of thioether (sulfide) groups is 1. The number of alkyl halides is 2. The lowest BCUT2D eigenvalue weighted by molar-refractivity contribution is -0.676. The number of hydrogen-bond donors (Lipinski definition) is 1. The highest BCUT2D eigenvalue weighted by Gasteiger charge is 2.29. The molecule has 0 saturated carbocycles. The van der Waals surface area contributed by atoms with Crippen LogP contribution in [0.15, 0.2) is 49.1 Å². The Bertz CT molecular complexity index is 1670. The molecule has 0 spiro atoms. The zero-order valence-electron chi connectivity index (χ0n) is 23.4. The van der Waals surface area contributed by atoms with Gasteiger partial charge in [0.2, 0.25) is 17.8 Å². The van der Waals surface area contributed by atoms with E-state index in [1.165, 1.54) is 41.5 Å². The van der Waals surface area contributed by atoms with Gasteiger partial charge in [-0.15, -0.1) is 0 Å². The number of aromatic nitrogens is 5. The van der Waals surface area contributed by atoms with Crippen molar-refractivity contribution in [3.63, 3.8) is 0 Å². The molecule has 44 heavy (non-hydrogen) atoms. The molecule has 232 valence electrons. The average Bonchev–Trinajstić information content (AvgIpc) is 3.58. The van der Waals surface area contributed by atoms with Crippen molar-refractivity contribution in [2.75, 3.05) is 43.0 Å². The number of halogens is 3. The highest BCUT2D eigenvalue weighted by atomic mass is 35.5. The first-order valence-electron chi connectivity index (χ1n) is 14.1. The summed E-state index contributed by atoms with van der Waals surface area (Å²) < 4.78 is 33.8. The molecular formula is C28H29ClF2N8O4S. The predicted octanol–water partition coefficient (Wildman–Crippen LogP) is 3.38. The van der Waals surface area contributed by atoms with Crippen molar-refractivity contribution < 1.29 is 28.0 Å². The van der Waals surface area contributed by atoms with Crippen LogP contribution in [0.2, 0.25) is 5.02 Å². The Morgan fingerprint density at radius 3 is 2.73 bits per heavy atom. The van der Waals surface area contributed by atoms with Crippen LogP contribution in [0, 0.1) is 5.21 Å². The van der Waals surface area contributed by atoms with Crippen LogP contribution >= 0.6 is 23.4 Å². The molecule has 0 bridgehead atoms. The second-order valence-electron chi connectivity index (χ2n) is 10.5. The van der Waals surface area contributed by atoms with Gasteiger partial charge in [-0.25, -0.2) is 4.98 Å². The van der Waals surface area contributed by atoms with Crippen LogP contribution in [0.1, 0.15) is 23.2 Å². The first-order valence-corrected chi connectivity index (χ1v) is 15.6. The standard InChI is InChI=1S/C28H29ClF2N8O4S/c29-18-2-3-23(43-28(30)31)20(14-18)25-22(33-27(41)21-15-39(42)38-7-1-6-32-26(21)38)16-37(34-25)17-24(40)36-8-4-19(5-9-36)35-10-12-44-13-11-35/h1-3,6-7,14-16,19,28H,4-5,8-13,17H2,(H,33,41). The van der Waals surface area contributed by atoms with E-state index in [1.807, 2.05) is 11.8 Å². The molecule has 0 atom stereocenters. The Kier molecular flexibility index (Phi) is 8.86. The Morgan fingerprint density at radius 2 is 1.98 bits per heavy atom. The molecule has 2 aliphatic rings. The molecule has 2 saturated heterocycles. The van der Waals surface area contributed by atoms with Crippen molar-refractivity contribution >= 4 is 46.5 Å². The summed E-state index contributed by atoms with van der Waals surface area (Å²) in [6.45, 7) is 0.105. The van der Waals surface area contributed by atoms with Crippen molar-refractivity contribution in [1.29, 1.82) is 0 Å². The lowest BCUT2D eigenvalue weighted by Gasteiger charge is -2.40. The predicted molar refractivity (Wildman–Crippen MR) is 160 cm³/mol. The number of likely N-dealkylation sites (tertiary alicyclic amines) is 1. The van der Waals surface area contributed by atoms with Gasteiger partial charge in [0.1, 0.15) is 18.0 Å². The van der Waals surface area contributed by atoms with E-state index in [2.05, 4.69) is 20.3 Å². The molecule has 12 nitrogen and oxygen atoms in total. The van der Waals surface area contributed by atoms with Crippen molar-refractivity contribution in [2.24, 2.45) is 0 Å². The quantitative estimate of drug-likeness (QED) is 0.228. The third-order valence-corrected chi connectivity index (χ3v) is 8.94. The lowest BCUT2D eigenvalue weighted by atomic mass is 10.0. The fraction of sp³-hybridized carbons (Fsp3) is 0.393. The van der Waals surface area contributed by atoms with Gasteiger partial charge in [0, 0.05) is 66.7 Å². The summed E-state index contributed by atoms with van der Waals surface area (Å²) in [5.74, 6) is 1.19. The van der Waals surface area contributed by atoms with E-state index >= 15 is 0 Å². The van der Waals surface area contributed by atoms with E-state index in [1.54, 1.807) is 11.0 Å². The number of anilines is 1. The lowest BCUT2D eigenvalue weighted by Crippen LogP contribution is -2.49. The Labute approximate surface area is 260 Å². The van der Waals surface area contributed by atoms with E-state index in [4.69, 9.17) is 16.3 Å². The van der Waals surface area contributed by atoms with Gasteiger partial charge in [-0.2, -0.15) is 25.6 Å². The molecule has 2 amide bonds. The highest BCUT2D eigenvalue weighted by molar-refractivity contribution is 7.99. The van der Waals surface area contributed by atoms with E-state index in [9.17, 15) is 23.6 Å². The molecule has 1 aromatic carbocycles. The second kappa shape index (κ2) is 13.0. The monoisotopic (exact) mass is 646 g/mol. The van der Waals surface area contributed by atoms with Crippen LogP contribution < -0.4 is 14.9 Å². The SMILES string of the molecule is O=C(Nc1cn(CC(=O)N2CCC(N3CCSCC3)CC2)nc1-c1cc(Cl)ccc1OC(F)F)c1c[n+]([O-])n2cccnc12. The van der Waals surface area contributed by atoms with Crippen LogP contribution in [0.4, 0.5) is 14.5 Å². The number of nitrogens with one attached hydrogen (secondary N) is 1. The number of nitrogens with zero attached hydrogens (tertiary/aromatic N) is 7. The topological polar surface area (TPSA) is 124 Å². The van der Waals surface area contributed by atoms with Gasteiger partial charge in [0.25, 0.3) is 5.91 Å². The molecule has 2 fully saturated rings. The van der Waals surface area contributed by atoms with Crippen LogP contribution in [0.25, 0.3) is 16.9 Å². The first kappa shape index (κ1) is 30.1. The zero-order valence-corrected chi connectivity index (χ0v) is 25.0. The maximum absolute atomic E-state index is 13.4. The average molecular weight is 647 g/mol. The smallest absolute Gasteiger partial charge is 0.387 e. The first-order chi connectivity index (χ1) is 21.3. The highest BCUT2D eigenvalue weighted by Crippen LogP contribution is 2.37. The molecule has 4 aromatic rings. The number of carbonyl (C=O) groups excluding carboxylic acids is 2. The second-order valence-corrected chi connectivity index (χ2v) is 12.1. The van der Waals surface area contributed by atoms with Gasteiger partial charge < -0.3 is 20.2 Å². The summed E-state index contributed by atoms with van der Waals surface area (Å²) in [5, 5.41) is 19.7. The van der Waals surface area contributed by atoms with Crippen LogP contribution in [0.5, 0.6) is 5.75 Å². The van der Waals surface area contributed by atoms with Gasteiger partial charge in [-0.1, -0.05) is 21.0 Å². The number of amides is 2. The molecular weight excluding hydrogens is 618 g/mol. The number of fused-ring (bicyclic) bond motifs is 1. The minimum Gasteiger partial charge on any atom is -0.596 e. The van der Waals surface area contributed by atoms with E-state index < -0.39 is 12.5 Å². The van der Waals surface area contributed by atoms with E-state index in [0.29, 0.717) is 24.0 Å². The Morgan fingerprint density at radius 1 is 1.20 bits per heavy atom. The van der Waals surface area contributed by atoms with Gasteiger partial charge >= 0.3 is 6.61 Å². The van der Waals surface area contributed by atoms with Gasteiger partial charge in [0.15, 0.2) is 5.56 Å². The number of carbonyl (C=O) groups is 2. The zero-order chi connectivity index (χ0) is 30.8. The van der Waals surface area contributed by atoms with Crippen molar-refractivity contribution in [3.8, 4) is 17.0 Å².